The van der Waals surface area contributed by atoms with Crippen LogP contribution in [0.25, 0.3) is 16.7 Å². The summed E-state index contributed by atoms with van der Waals surface area (Å²) in [5.74, 6) is -0.616. The van der Waals surface area contributed by atoms with Crippen molar-refractivity contribution in [3.63, 3.8) is 0 Å². The zero-order valence-corrected chi connectivity index (χ0v) is 12.5. The molecule has 2 heterocycles. The maximum atomic E-state index is 13.2. The van der Waals surface area contributed by atoms with E-state index in [9.17, 15) is 13.2 Å². The minimum absolute atomic E-state index is 0.0680. The summed E-state index contributed by atoms with van der Waals surface area (Å²) < 4.78 is 40.5. The van der Waals surface area contributed by atoms with Crippen LogP contribution in [-0.4, -0.2) is 37.0 Å². The number of para-hydroxylation sites is 2. The third-order valence-corrected chi connectivity index (χ3v) is 3.95. The highest BCUT2D eigenvalue weighted by molar-refractivity contribution is 7.99. The molecule has 2 aromatic heterocycles. The van der Waals surface area contributed by atoms with Gasteiger partial charge in [-0.15, -0.1) is 10.2 Å². The van der Waals surface area contributed by atoms with Gasteiger partial charge in [0.2, 0.25) is 5.82 Å². The van der Waals surface area contributed by atoms with E-state index in [4.69, 9.17) is 5.11 Å². The molecule has 0 radical (unpaired) electrons. The average molecular weight is 340 g/mol. The summed E-state index contributed by atoms with van der Waals surface area (Å²) in [6, 6.07) is 6.54. The number of fused-ring (bicyclic) bond motifs is 3. The number of hydrogen-bond donors (Lipinski definition) is 1. The number of rotatable bonds is 4. The molecule has 0 bridgehead atoms. The number of benzene rings is 1. The summed E-state index contributed by atoms with van der Waals surface area (Å²) in [6.07, 6.45) is -1.35. The summed E-state index contributed by atoms with van der Waals surface area (Å²) in [5.41, 5.74) is 0.799. The van der Waals surface area contributed by atoms with Crippen molar-refractivity contribution in [2.24, 2.45) is 0 Å². The molecule has 0 aliphatic carbocycles. The fourth-order valence-corrected chi connectivity index (χ4v) is 2.92. The van der Waals surface area contributed by atoms with E-state index in [1.54, 1.807) is 36.4 Å². The first-order valence-electron chi connectivity index (χ1n) is 6.62. The van der Waals surface area contributed by atoms with Crippen molar-refractivity contribution in [2.75, 3.05) is 12.4 Å². The van der Waals surface area contributed by atoms with Gasteiger partial charge in [-0.25, -0.2) is 4.98 Å². The Kier molecular flexibility index (Phi) is 4.22. The lowest BCUT2D eigenvalue weighted by atomic mass is 10.3. The van der Waals surface area contributed by atoms with Gasteiger partial charge < -0.3 is 5.11 Å². The second-order valence-corrected chi connectivity index (χ2v) is 5.56. The van der Waals surface area contributed by atoms with Crippen LogP contribution < -0.4 is 0 Å². The van der Waals surface area contributed by atoms with Gasteiger partial charge in [0.15, 0.2) is 5.65 Å². The molecule has 0 aliphatic rings. The third-order valence-electron chi connectivity index (χ3n) is 3.04. The Labute approximate surface area is 132 Å². The second kappa shape index (κ2) is 6.17. The molecule has 1 aromatic carbocycles. The van der Waals surface area contributed by atoms with Crippen LogP contribution in [-0.2, 0) is 6.18 Å². The zero-order chi connectivity index (χ0) is 16.4. The molecule has 0 spiro atoms. The Bertz CT molecular complexity index is 875. The summed E-state index contributed by atoms with van der Waals surface area (Å²) in [4.78, 5) is 4.37. The van der Waals surface area contributed by atoms with E-state index in [-0.39, 0.29) is 12.3 Å². The number of hydrogen-bond acceptors (Lipinski definition) is 5. The molecule has 23 heavy (non-hydrogen) atoms. The van der Waals surface area contributed by atoms with Gasteiger partial charge in [0, 0.05) is 5.75 Å². The number of alkyl halides is 3. The van der Waals surface area contributed by atoms with Gasteiger partial charge in [0.25, 0.3) is 0 Å². The highest BCUT2D eigenvalue weighted by atomic mass is 32.2. The van der Waals surface area contributed by atoms with E-state index < -0.39 is 12.0 Å². The third kappa shape index (κ3) is 3.02. The lowest BCUT2D eigenvalue weighted by Gasteiger charge is -2.09. The first-order valence-corrected chi connectivity index (χ1v) is 7.60. The maximum Gasteiger partial charge on any atom is 0.452 e. The van der Waals surface area contributed by atoms with Gasteiger partial charge in [-0.1, -0.05) is 36.0 Å². The van der Waals surface area contributed by atoms with Gasteiger partial charge >= 0.3 is 6.18 Å². The van der Waals surface area contributed by atoms with Crippen LogP contribution in [0.1, 0.15) is 5.82 Å². The fourth-order valence-electron chi connectivity index (χ4n) is 2.11. The van der Waals surface area contributed by atoms with Gasteiger partial charge in [-0.2, -0.15) is 13.2 Å². The topological polar surface area (TPSA) is 63.3 Å². The van der Waals surface area contributed by atoms with Crippen LogP contribution in [0.5, 0.6) is 0 Å². The number of aliphatic hydroxyl groups is 1. The molecule has 9 heteroatoms. The normalized spacial score (nSPS) is 12.7. The van der Waals surface area contributed by atoms with Crippen molar-refractivity contribution < 1.29 is 18.3 Å². The van der Waals surface area contributed by atoms with Crippen molar-refractivity contribution in [3.05, 3.63) is 42.2 Å². The molecule has 120 valence electrons. The van der Waals surface area contributed by atoms with E-state index >= 15 is 0 Å². The Morgan fingerprint density at radius 2 is 1.96 bits per heavy atom. The zero-order valence-electron chi connectivity index (χ0n) is 11.7. The van der Waals surface area contributed by atoms with Crippen LogP contribution in [0.4, 0.5) is 13.2 Å². The minimum Gasteiger partial charge on any atom is -0.392 e. The lowest BCUT2D eigenvalue weighted by Crippen LogP contribution is -2.11. The molecule has 3 aromatic rings. The molecule has 5 nitrogen and oxygen atoms in total. The summed E-state index contributed by atoms with van der Waals surface area (Å²) in [5, 5.41) is 16.0. The van der Waals surface area contributed by atoms with E-state index in [0.717, 1.165) is 4.40 Å². The first kappa shape index (κ1) is 15.8. The number of halogens is 3. The lowest BCUT2D eigenvalue weighted by molar-refractivity contribution is -0.145. The Morgan fingerprint density at radius 1 is 1.17 bits per heavy atom. The Balaban J connectivity index is 2.20. The average Bonchev–Trinajstić information content (AvgIpc) is 2.97. The number of aliphatic hydroxyl groups excluding tert-OH is 1. The minimum atomic E-state index is -4.61. The molecule has 0 amide bonds. The van der Waals surface area contributed by atoms with Gasteiger partial charge in [-0.3, -0.25) is 4.40 Å². The maximum absolute atomic E-state index is 13.2. The molecular weight excluding hydrogens is 329 g/mol. The predicted molar refractivity (Wildman–Crippen MR) is 80.2 cm³/mol. The molecule has 0 aliphatic heterocycles. The number of nitrogens with zero attached hydrogens (tertiary/aromatic N) is 4. The van der Waals surface area contributed by atoms with Crippen molar-refractivity contribution >= 4 is 28.4 Å². The SMILES string of the molecule is OC/C=C\CSc1nc2ccccc2n2c(C(F)(F)F)nnc12. The number of aromatic nitrogens is 4. The predicted octanol–water partition coefficient (Wildman–Crippen LogP) is 2.94. The van der Waals surface area contributed by atoms with Gasteiger partial charge in [-0.05, 0) is 12.1 Å². The highest BCUT2D eigenvalue weighted by Gasteiger charge is 2.38. The quantitative estimate of drug-likeness (QED) is 0.584. The van der Waals surface area contributed by atoms with Gasteiger partial charge in [0.05, 0.1) is 17.6 Å². The van der Waals surface area contributed by atoms with Crippen molar-refractivity contribution in [1.82, 2.24) is 19.6 Å². The standard InChI is InChI=1S/C14H11F3N4OS/c15-14(16,17)13-20-19-11-12(23-8-4-3-7-22)18-9-5-1-2-6-10(9)21(11)13/h1-6,22H,7-8H2/b4-3-. The molecule has 3 rings (SSSR count). The Morgan fingerprint density at radius 3 is 2.70 bits per heavy atom. The van der Waals surface area contributed by atoms with Crippen LogP contribution in [0.3, 0.4) is 0 Å². The monoisotopic (exact) mass is 340 g/mol. The number of thioether (sulfide) groups is 1. The van der Waals surface area contributed by atoms with E-state index in [1.807, 2.05) is 0 Å². The molecule has 0 fully saturated rings. The first-order chi connectivity index (χ1) is 11.0. The van der Waals surface area contributed by atoms with Crippen LogP contribution in [0, 0.1) is 0 Å². The van der Waals surface area contributed by atoms with E-state index in [0.29, 0.717) is 21.8 Å². The highest BCUT2D eigenvalue weighted by Crippen LogP contribution is 2.32. The molecule has 0 atom stereocenters. The summed E-state index contributed by atoms with van der Waals surface area (Å²) >= 11 is 1.23. The van der Waals surface area contributed by atoms with E-state index in [1.165, 1.54) is 11.8 Å². The van der Waals surface area contributed by atoms with Crippen LogP contribution >= 0.6 is 11.8 Å². The summed E-state index contributed by atoms with van der Waals surface area (Å²) in [7, 11) is 0. The molecule has 0 unspecified atom stereocenters. The Hall–Kier alpha value is -2.13. The second-order valence-electron chi connectivity index (χ2n) is 4.55. The molecule has 0 saturated carbocycles. The van der Waals surface area contributed by atoms with Crippen molar-refractivity contribution in [2.45, 2.75) is 11.2 Å². The fraction of sp³-hybridized carbons (Fsp3) is 0.214. The van der Waals surface area contributed by atoms with E-state index in [2.05, 4.69) is 15.2 Å². The summed E-state index contributed by atoms with van der Waals surface area (Å²) in [6.45, 7) is -0.0930. The van der Waals surface area contributed by atoms with Crippen molar-refractivity contribution in [1.29, 1.82) is 0 Å². The largest absolute Gasteiger partial charge is 0.452 e. The smallest absolute Gasteiger partial charge is 0.392 e. The molecular formula is C14H11F3N4OS. The molecule has 1 N–H and O–H groups in total. The van der Waals surface area contributed by atoms with Crippen LogP contribution in [0.2, 0.25) is 0 Å². The molecule has 0 saturated heterocycles. The van der Waals surface area contributed by atoms with Crippen LogP contribution in [0.15, 0.2) is 41.4 Å². The van der Waals surface area contributed by atoms with Crippen molar-refractivity contribution in [3.8, 4) is 0 Å². The van der Waals surface area contributed by atoms with Gasteiger partial charge in [0.1, 0.15) is 5.03 Å².